The van der Waals surface area contributed by atoms with E-state index in [9.17, 15) is 9.59 Å². The molecule has 0 unspecified atom stereocenters. The lowest BCUT2D eigenvalue weighted by Crippen LogP contribution is -2.22. The van der Waals surface area contributed by atoms with Gasteiger partial charge in [-0.1, -0.05) is 102 Å². The van der Waals surface area contributed by atoms with Crippen molar-refractivity contribution in [3.05, 3.63) is 101 Å². The van der Waals surface area contributed by atoms with Crippen LogP contribution in [0.1, 0.15) is 108 Å². The second-order valence-electron chi connectivity index (χ2n) is 13.8. The summed E-state index contributed by atoms with van der Waals surface area (Å²) in [6.07, 6.45) is 5.74. The molecule has 3 rings (SSSR count). The average molecular weight is 674 g/mol. The maximum atomic E-state index is 12.4. The van der Waals surface area contributed by atoms with Gasteiger partial charge in [0.15, 0.2) is 0 Å². The van der Waals surface area contributed by atoms with Gasteiger partial charge in [0.05, 0.1) is 33.0 Å². The van der Waals surface area contributed by atoms with Gasteiger partial charge in [0.25, 0.3) is 0 Å². The highest BCUT2D eigenvalue weighted by atomic mass is 16.6. The van der Waals surface area contributed by atoms with E-state index < -0.39 is 0 Å². The fraction of sp³-hybridized carbons (Fsp3) is 0.524. The lowest BCUT2D eigenvalue weighted by Gasteiger charge is -2.31. The minimum Gasteiger partial charge on any atom is -0.493 e. The van der Waals surface area contributed by atoms with Gasteiger partial charge in [-0.3, -0.25) is 9.59 Å². The molecule has 0 saturated heterocycles. The molecule has 0 aliphatic rings. The first-order valence-electron chi connectivity index (χ1n) is 17.8. The molecule has 0 atom stereocenters. The highest BCUT2D eigenvalue weighted by Crippen LogP contribution is 2.39. The van der Waals surface area contributed by atoms with Crippen molar-refractivity contribution in [3.63, 3.8) is 0 Å². The first kappa shape index (κ1) is 39.8. The van der Waals surface area contributed by atoms with Crippen molar-refractivity contribution in [2.24, 2.45) is 0 Å². The second kappa shape index (κ2) is 21.4. The molecular weight excluding hydrogens is 616 g/mol. The number of hydrogen-bond acceptors (Lipinski definition) is 7. The minimum atomic E-state index is -0.228. The predicted octanol–water partition coefficient (Wildman–Crippen LogP) is 9.08. The van der Waals surface area contributed by atoms with E-state index in [0.717, 1.165) is 53.7 Å². The summed E-state index contributed by atoms with van der Waals surface area (Å²) in [7, 11) is 0. The van der Waals surface area contributed by atoms with E-state index in [1.807, 2.05) is 60.7 Å². The normalized spacial score (nSPS) is 11.7. The fourth-order valence-electron chi connectivity index (χ4n) is 5.56. The van der Waals surface area contributed by atoms with E-state index in [1.165, 1.54) is 0 Å². The lowest BCUT2D eigenvalue weighted by atomic mass is 9.76. The summed E-state index contributed by atoms with van der Waals surface area (Å²) in [4.78, 5) is 24.8. The number of carbonyl (C=O) groups excluding carboxylic acids is 2. The van der Waals surface area contributed by atoms with E-state index in [0.29, 0.717) is 58.7 Å². The molecule has 0 aliphatic heterocycles. The van der Waals surface area contributed by atoms with Crippen LogP contribution in [-0.2, 0) is 52.6 Å². The molecule has 0 bridgehead atoms. The van der Waals surface area contributed by atoms with Gasteiger partial charge in [-0.15, -0.1) is 0 Å². The molecule has 3 aromatic carbocycles. The van der Waals surface area contributed by atoms with Crippen molar-refractivity contribution in [2.75, 3.05) is 33.0 Å². The Bertz CT molecular complexity index is 1370. The van der Waals surface area contributed by atoms with Crippen LogP contribution >= 0.6 is 0 Å². The molecule has 0 aliphatic carbocycles. The Labute approximate surface area is 294 Å². The van der Waals surface area contributed by atoms with Crippen LogP contribution in [0.5, 0.6) is 5.75 Å². The van der Waals surface area contributed by atoms with Crippen molar-refractivity contribution >= 4 is 11.9 Å². The van der Waals surface area contributed by atoms with Gasteiger partial charge in [0.2, 0.25) is 0 Å². The second-order valence-corrected chi connectivity index (χ2v) is 13.8. The summed E-state index contributed by atoms with van der Waals surface area (Å²) in [5.41, 5.74) is 3.90. The summed E-state index contributed by atoms with van der Waals surface area (Å²) in [5.74, 6) is 0.458. The Hall–Kier alpha value is -3.68. The van der Waals surface area contributed by atoms with Crippen molar-refractivity contribution in [3.8, 4) is 5.75 Å². The van der Waals surface area contributed by atoms with E-state index in [1.54, 1.807) is 0 Å². The number of unbranched alkanes of at least 4 members (excludes halogenated alkanes) is 1. The number of benzene rings is 3. The van der Waals surface area contributed by atoms with Gasteiger partial charge in [0, 0.05) is 18.4 Å². The molecule has 3 aromatic rings. The van der Waals surface area contributed by atoms with Gasteiger partial charge >= 0.3 is 11.9 Å². The predicted molar refractivity (Wildman–Crippen MR) is 194 cm³/mol. The van der Waals surface area contributed by atoms with Crippen LogP contribution in [0.25, 0.3) is 0 Å². The van der Waals surface area contributed by atoms with Gasteiger partial charge in [-0.05, 0) is 77.8 Å². The summed E-state index contributed by atoms with van der Waals surface area (Å²) < 4.78 is 28.4. The molecule has 0 aromatic heterocycles. The Morgan fingerprint density at radius 1 is 0.653 bits per heavy atom. The third-order valence-electron chi connectivity index (χ3n) is 8.70. The Balaban J connectivity index is 1.44. The summed E-state index contributed by atoms with van der Waals surface area (Å²) in [6.45, 7) is 13.8. The number of ether oxygens (including phenoxy) is 5. The monoisotopic (exact) mass is 673 g/mol. The van der Waals surface area contributed by atoms with Crippen LogP contribution in [0.4, 0.5) is 0 Å². The summed E-state index contributed by atoms with van der Waals surface area (Å²) in [5, 5.41) is 0. The van der Waals surface area contributed by atoms with Crippen molar-refractivity contribution in [1.82, 2.24) is 0 Å². The van der Waals surface area contributed by atoms with Gasteiger partial charge in [-0.2, -0.15) is 0 Å². The number of esters is 2. The highest BCUT2D eigenvalue weighted by molar-refractivity contribution is 5.69. The molecule has 7 heteroatoms. The lowest BCUT2D eigenvalue weighted by molar-refractivity contribution is -0.146. The third kappa shape index (κ3) is 15.2. The van der Waals surface area contributed by atoms with E-state index in [2.05, 4.69) is 52.8 Å². The molecule has 0 spiro atoms. The molecule has 1 radical (unpaired) electrons. The zero-order valence-corrected chi connectivity index (χ0v) is 30.4. The molecule has 0 saturated carbocycles. The largest absolute Gasteiger partial charge is 0.493 e. The first-order valence-corrected chi connectivity index (χ1v) is 17.8. The van der Waals surface area contributed by atoms with Crippen molar-refractivity contribution in [2.45, 2.75) is 110 Å². The highest BCUT2D eigenvalue weighted by Gasteiger charge is 2.28. The molecule has 0 fully saturated rings. The van der Waals surface area contributed by atoms with E-state index >= 15 is 0 Å². The standard InChI is InChI=1S/C42H57O7/c1-6-7-26-47-38-31-36(41(2,3)24-14-20-39(43)48-29-27-45-32-34-16-10-8-11-17-34)22-23-37(38)42(4,5)25-15-21-40(44)49-30-28-46-33-35-18-12-9-13-19-35/h8-13,16-19,23,31H,6-7,14-15,20-21,24-30,32-33H2,1-5H3. The minimum absolute atomic E-state index is 0.205. The molecule has 0 heterocycles. The van der Waals surface area contributed by atoms with Gasteiger partial charge in [0.1, 0.15) is 19.0 Å². The molecule has 0 N–H and O–H groups in total. The maximum Gasteiger partial charge on any atom is 0.305 e. The number of rotatable bonds is 24. The number of hydrogen-bond donors (Lipinski definition) is 0. The van der Waals surface area contributed by atoms with Crippen LogP contribution in [0, 0.1) is 6.07 Å². The van der Waals surface area contributed by atoms with Crippen LogP contribution in [-0.4, -0.2) is 45.0 Å². The SMILES string of the molecule is CCCCOc1cc(C(C)(C)CCCC(=O)OCCOCc2ccccc2)[c]cc1C(C)(C)CCCC(=O)OCCOCc1ccccc1. The molecular formula is C42H57O7. The third-order valence-corrected chi connectivity index (χ3v) is 8.70. The number of carbonyl (C=O) groups is 2. The van der Waals surface area contributed by atoms with Gasteiger partial charge in [-0.25, -0.2) is 0 Å². The van der Waals surface area contributed by atoms with Crippen molar-refractivity contribution < 1.29 is 33.3 Å². The molecule has 267 valence electrons. The zero-order chi connectivity index (χ0) is 35.4. The van der Waals surface area contributed by atoms with Crippen LogP contribution in [0.2, 0.25) is 0 Å². The molecule has 49 heavy (non-hydrogen) atoms. The summed E-state index contributed by atoms with van der Waals surface area (Å²) >= 11 is 0. The fourth-order valence-corrected chi connectivity index (χ4v) is 5.56. The molecule has 7 nitrogen and oxygen atoms in total. The quantitative estimate of drug-likeness (QED) is 0.0693. The van der Waals surface area contributed by atoms with E-state index in [-0.39, 0.29) is 36.0 Å². The maximum absolute atomic E-state index is 12.4. The van der Waals surface area contributed by atoms with Crippen molar-refractivity contribution in [1.29, 1.82) is 0 Å². The topological polar surface area (TPSA) is 80.3 Å². The van der Waals surface area contributed by atoms with Crippen LogP contribution in [0.3, 0.4) is 0 Å². The zero-order valence-electron chi connectivity index (χ0n) is 30.4. The Morgan fingerprint density at radius 3 is 1.67 bits per heavy atom. The summed E-state index contributed by atoms with van der Waals surface area (Å²) in [6, 6.07) is 27.6. The molecule has 0 amide bonds. The first-order chi connectivity index (χ1) is 23.6. The van der Waals surface area contributed by atoms with Crippen LogP contribution in [0.15, 0.2) is 72.8 Å². The van der Waals surface area contributed by atoms with Crippen LogP contribution < -0.4 is 4.74 Å². The Morgan fingerprint density at radius 2 is 1.16 bits per heavy atom. The van der Waals surface area contributed by atoms with Gasteiger partial charge < -0.3 is 23.7 Å². The van der Waals surface area contributed by atoms with E-state index in [4.69, 9.17) is 23.7 Å². The average Bonchev–Trinajstić information content (AvgIpc) is 3.09. The smallest absolute Gasteiger partial charge is 0.305 e. The Kier molecular flexibility index (Phi) is 17.4.